The number of amides is 1. The first-order valence-electron chi connectivity index (χ1n) is 8.24. The number of carboxylic acids is 1. The fourth-order valence-corrected chi connectivity index (χ4v) is 3.22. The summed E-state index contributed by atoms with van der Waals surface area (Å²) >= 11 is 5.85. The van der Waals surface area contributed by atoms with Crippen LogP contribution in [0.4, 0.5) is 0 Å². The lowest BCUT2D eigenvalue weighted by molar-refractivity contribution is 0.0627. The quantitative estimate of drug-likeness (QED) is 0.833. The second-order valence-corrected chi connectivity index (χ2v) is 6.58. The molecule has 0 saturated carbocycles. The number of carbonyl (C=O) groups excluding carboxylic acids is 2. The molecular weight excluding hydrogens is 356 g/mol. The Bertz CT molecular complexity index is 843. The van der Waals surface area contributed by atoms with E-state index in [1.54, 1.807) is 29.2 Å². The number of nitrogens with zero attached hydrogens (tertiary/aromatic N) is 2. The van der Waals surface area contributed by atoms with Crippen molar-refractivity contribution in [3.63, 3.8) is 0 Å². The van der Waals surface area contributed by atoms with Gasteiger partial charge in [0.1, 0.15) is 5.69 Å². The van der Waals surface area contributed by atoms with E-state index < -0.39 is 11.9 Å². The van der Waals surface area contributed by atoms with Crippen molar-refractivity contribution in [3.8, 4) is 0 Å². The second-order valence-electron chi connectivity index (χ2n) is 6.14. The van der Waals surface area contributed by atoms with E-state index in [1.165, 1.54) is 18.3 Å². The Morgan fingerprint density at radius 1 is 1.08 bits per heavy atom. The summed E-state index contributed by atoms with van der Waals surface area (Å²) in [5.41, 5.74) is 0.427. The van der Waals surface area contributed by atoms with Gasteiger partial charge < -0.3 is 10.0 Å². The van der Waals surface area contributed by atoms with Crippen LogP contribution in [-0.4, -0.2) is 45.7 Å². The largest absolute Gasteiger partial charge is 0.478 e. The number of rotatable bonds is 4. The third kappa shape index (κ3) is 3.75. The van der Waals surface area contributed by atoms with Crippen LogP contribution in [-0.2, 0) is 0 Å². The number of hydrogen-bond acceptors (Lipinski definition) is 4. The van der Waals surface area contributed by atoms with Crippen molar-refractivity contribution in [2.75, 3.05) is 13.1 Å². The molecule has 1 aromatic carbocycles. The zero-order valence-electron chi connectivity index (χ0n) is 13.9. The molecule has 6 nitrogen and oxygen atoms in total. The average molecular weight is 373 g/mol. The highest BCUT2D eigenvalue weighted by Crippen LogP contribution is 2.24. The molecule has 26 heavy (non-hydrogen) atoms. The molecule has 0 aliphatic carbocycles. The molecule has 2 aromatic rings. The van der Waals surface area contributed by atoms with Crippen molar-refractivity contribution in [2.45, 2.75) is 12.8 Å². The first-order valence-corrected chi connectivity index (χ1v) is 8.62. The fraction of sp³-hybridized carbons (Fsp3) is 0.263. The molecule has 3 rings (SSSR count). The first-order chi connectivity index (χ1) is 12.5. The van der Waals surface area contributed by atoms with Crippen LogP contribution >= 0.6 is 11.6 Å². The Balaban J connectivity index is 1.67. The van der Waals surface area contributed by atoms with Gasteiger partial charge >= 0.3 is 5.97 Å². The van der Waals surface area contributed by atoms with Gasteiger partial charge in [-0.1, -0.05) is 11.6 Å². The zero-order valence-corrected chi connectivity index (χ0v) is 14.6. The van der Waals surface area contributed by atoms with Gasteiger partial charge in [-0.15, -0.1) is 0 Å². The molecule has 7 heteroatoms. The lowest BCUT2D eigenvalue weighted by Crippen LogP contribution is -2.41. The van der Waals surface area contributed by atoms with E-state index in [1.807, 2.05) is 0 Å². The Labute approximate surface area is 155 Å². The summed E-state index contributed by atoms with van der Waals surface area (Å²) in [7, 11) is 0. The molecule has 1 saturated heterocycles. The molecule has 0 spiro atoms. The van der Waals surface area contributed by atoms with Crippen molar-refractivity contribution < 1.29 is 19.5 Å². The van der Waals surface area contributed by atoms with E-state index in [2.05, 4.69) is 4.98 Å². The van der Waals surface area contributed by atoms with Crippen LogP contribution in [0.1, 0.15) is 44.0 Å². The van der Waals surface area contributed by atoms with Gasteiger partial charge in [-0.25, -0.2) is 4.79 Å². The van der Waals surface area contributed by atoms with Crippen LogP contribution in [0.3, 0.4) is 0 Å². The molecule has 1 aromatic heterocycles. The minimum atomic E-state index is -1.19. The normalized spacial score (nSPS) is 14.9. The van der Waals surface area contributed by atoms with Gasteiger partial charge in [0.15, 0.2) is 5.78 Å². The Kier molecular flexibility index (Phi) is 5.32. The summed E-state index contributed by atoms with van der Waals surface area (Å²) in [6, 6.07) is 9.62. The zero-order chi connectivity index (χ0) is 18.7. The number of piperidine rings is 1. The number of carboxylic acid groups (broad SMARTS) is 1. The van der Waals surface area contributed by atoms with E-state index in [-0.39, 0.29) is 23.0 Å². The third-order valence-electron chi connectivity index (χ3n) is 4.52. The molecule has 0 radical (unpaired) electrons. The summed E-state index contributed by atoms with van der Waals surface area (Å²) in [6.07, 6.45) is 2.46. The molecule has 2 heterocycles. The van der Waals surface area contributed by atoms with E-state index in [0.717, 1.165) is 0 Å². The van der Waals surface area contributed by atoms with E-state index in [0.29, 0.717) is 36.5 Å². The Morgan fingerprint density at radius 3 is 2.35 bits per heavy atom. The topological polar surface area (TPSA) is 87.6 Å². The van der Waals surface area contributed by atoms with Gasteiger partial charge in [0.25, 0.3) is 5.91 Å². The molecule has 0 atom stereocenters. The lowest BCUT2D eigenvalue weighted by atomic mass is 9.88. The molecular formula is C19H17ClN2O4. The number of aromatic nitrogens is 1. The van der Waals surface area contributed by atoms with Crippen molar-refractivity contribution in [2.24, 2.45) is 5.92 Å². The number of carbonyl (C=O) groups is 3. The smallest absolute Gasteiger partial charge is 0.338 e. The van der Waals surface area contributed by atoms with E-state index in [9.17, 15) is 19.5 Å². The van der Waals surface area contributed by atoms with Gasteiger partial charge in [0.05, 0.1) is 5.56 Å². The number of halogens is 1. The Hall–Kier alpha value is -2.73. The highest BCUT2D eigenvalue weighted by Gasteiger charge is 2.30. The first kappa shape index (κ1) is 18.1. The summed E-state index contributed by atoms with van der Waals surface area (Å²) in [5.74, 6) is -1.73. The summed E-state index contributed by atoms with van der Waals surface area (Å²) in [5, 5.41) is 9.78. The predicted molar refractivity (Wildman–Crippen MR) is 95.6 cm³/mol. The van der Waals surface area contributed by atoms with Crippen molar-refractivity contribution >= 4 is 29.3 Å². The van der Waals surface area contributed by atoms with Crippen molar-refractivity contribution in [1.29, 1.82) is 0 Å². The van der Waals surface area contributed by atoms with Crippen LogP contribution in [0.25, 0.3) is 0 Å². The van der Waals surface area contributed by atoms with E-state index in [4.69, 9.17) is 11.6 Å². The molecule has 1 aliphatic rings. The van der Waals surface area contributed by atoms with E-state index >= 15 is 0 Å². The third-order valence-corrected chi connectivity index (χ3v) is 4.77. The predicted octanol–water partition coefficient (Wildman–Crippen LogP) is 3.17. The number of benzene rings is 1. The maximum Gasteiger partial charge on any atom is 0.338 e. The van der Waals surface area contributed by atoms with Crippen LogP contribution in [0.15, 0.2) is 42.6 Å². The fourth-order valence-electron chi connectivity index (χ4n) is 3.09. The van der Waals surface area contributed by atoms with Crippen LogP contribution in [0, 0.1) is 5.92 Å². The lowest BCUT2D eigenvalue weighted by Gasteiger charge is -2.31. The number of hydrogen-bond donors (Lipinski definition) is 1. The average Bonchev–Trinajstić information content (AvgIpc) is 2.67. The summed E-state index contributed by atoms with van der Waals surface area (Å²) in [6.45, 7) is 0.775. The number of pyridine rings is 1. The van der Waals surface area contributed by atoms with Crippen molar-refractivity contribution in [1.82, 2.24) is 9.88 Å². The van der Waals surface area contributed by atoms with Crippen LogP contribution < -0.4 is 0 Å². The van der Waals surface area contributed by atoms with Gasteiger partial charge in [-0.2, -0.15) is 0 Å². The van der Waals surface area contributed by atoms with Crippen LogP contribution in [0.5, 0.6) is 0 Å². The molecule has 1 amide bonds. The highest BCUT2D eigenvalue weighted by molar-refractivity contribution is 6.30. The summed E-state index contributed by atoms with van der Waals surface area (Å²) in [4.78, 5) is 41.9. The molecule has 134 valence electrons. The molecule has 1 aliphatic heterocycles. The number of ketones is 1. The summed E-state index contributed by atoms with van der Waals surface area (Å²) < 4.78 is 0. The number of aromatic carboxylic acids is 1. The minimum absolute atomic E-state index is 0.0397. The standard InChI is InChI=1S/C19H17ClN2O4/c20-14-5-3-12(4-6-14)17(23)13-7-10-22(11-8-13)18(24)16-15(19(25)26)2-1-9-21-16/h1-6,9,13H,7-8,10-11H2,(H,25,26). The van der Waals surface area contributed by atoms with Gasteiger partial charge in [-0.3, -0.25) is 14.6 Å². The Morgan fingerprint density at radius 2 is 1.73 bits per heavy atom. The maximum absolute atomic E-state index is 12.6. The molecule has 0 bridgehead atoms. The SMILES string of the molecule is O=C(O)c1cccnc1C(=O)N1CCC(C(=O)c2ccc(Cl)cc2)CC1. The van der Waals surface area contributed by atoms with Gasteiger partial charge in [0.2, 0.25) is 0 Å². The maximum atomic E-state index is 12.6. The number of Topliss-reactive ketones (excluding diaryl/α,β-unsaturated/α-hetero) is 1. The molecule has 1 N–H and O–H groups in total. The van der Waals surface area contributed by atoms with Crippen LogP contribution in [0.2, 0.25) is 5.02 Å². The minimum Gasteiger partial charge on any atom is -0.478 e. The van der Waals surface area contributed by atoms with Gasteiger partial charge in [0, 0.05) is 35.8 Å². The molecule has 0 unspecified atom stereocenters. The second kappa shape index (κ2) is 7.66. The monoisotopic (exact) mass is 372 g/mol. The van der Waals surface area contributed by atoms with Gasteiger partial charge in [-0.05, 0) is 49.2 Å². The highest BCUT2D eigenvalue weighted by atomic mass is 35.5. The number of likely N-dealkylation sites (tertiary alicyclic amines) is 1. The molecule has 1 fully saturated rings. The van der Waals surface area contributed by atoms with Crippen molar-refractivity contribution in [3.05, 3.63) is 64.4 Å².